The fourth-order valence-corrected chi connectivity index (χ4v) is 3.77. The van der Waals surface area contributed by atoms with Crippen LogP contribution < -0.4 is 5.32 Å². The van der Waals surface area contributed by atoms with Gasteiger partial charge in [-0.25, -0.2) is 0 Å². The van der Waals surface area contributed by atoms with Gasteiger partial charge in [0.2, 0.25) is 0 Å². The van der Waals surface area contributed by atoms with Crippen molar-refractivity contribution in [3.63, 3.8) is 0 Å². The summed E-state index contributed by atoms with van der Waals surface area (Å²) in [4.78, 5) is 2.42. The quantitative estimate of drug-likeness (QED) is 0.905. The number of rotatable bonds is 4. The van der Waals surface area contributed by atoms with Crippen LogP contribution in [0.25, 0.3) is 0 Å². The lowest BCUT2D eigenvalue weighted by atomic mass is 9.70. The van der Waals surface area contributed by atoms with Gasteiger partial charge in [-0.3, -0.25) is 4.68 Å². The van der Waals surface area contributed by atoms with Crippen LogP contribution in [0.2, 0.25) is 0 Å². The summed E-state index contributed by atoms with van der Waals surface area (Å²) in [7, 11) is 8.47. The number of nitrogens with zero attached hydrogens (tertiary/aromatic N) is 3. The van der Waals surface area contributed by atoms with Crippen LogP contribution in [-0.2, 0) is 7.05 Å². The number of nitrogens with one attached hydrogen (secondary N) is 1. The second-order valence-corrected chi connectivity index (χ2v) is 6.34. The van der Waals surface area contributed by atoms with Gasteiger partial charge in [-0.1, -0.05) is 19.8 Å². The summed E-state index contributed by atoms with van der Waals surface area (Å²) in [5, 5.41) is 8.16. The first-order chi connectivity index (χ1) is 8.99. The van der Waals surface area contributed by atoms with Crippen LogP contribution in [0.1, 0.15) is 44.3 Å². The SMILES string of the molecule is CNC(c1ccn(C)n1)C1(N(C)C)CCCC(C)C1. The Morgan fingerprint density at radius 3 is 2.74 bits per heavy atom. The molecular weight excluding hydrogens is 236 g/mol. The van der Waals surface area contributed by atoms with Crippen molar-refractivity contribution in [2.75, 3.05) is 21.1 Å². The third-order valence-electron chi connectivity index (χ3n) is 4.76. The Balaban J connectivity index is 2.35. The number of hydrogen-bond donors (Lipinski definition) is 1. The maximum absolute atomic E-state index is 4.64. The van der Waals surface area contributed by atoms with Gasteiger partial charge in [0.05, 0.1) is 11.7 Å². The normalized spacial score (nSPS) is 29.7. The molecule has 1 saturated carbocycles. The van der Waals surface area contributed by atoms with Crippen LogP contribution in [0.15, 0.2) is 12.3 Å². The van der Waals surface area contributed by atoms with Crippen molar-refractivity contribution in [2.24, 2.45) is 13.0 Å². The molecule has 4 nitrogen and oxygen atoms in total. The third kappa shape index (κ3) is 2.70. The minimum absolute atomic E-state index is 0.181. The summed E-state index contributed by atoms with van der Waals surface area (Å²) in [6.07, 6.45) is 7.18. The van der Waals surface area contributed by atoms with E-state index in [-0.39, 0.29) is 5.54 Å². The van der Waals surface area contributed by atoms with E-state index in [0.717, 1.165) is 11.6 Å². The second-order valence-electron chi connectivity index (χ2n) is 6.34. The molecule has 2 rings (SSSR count). The summed E-state index contributed by atoms with van der Waals surface area (Å²) >= 11 is 0. The molecule has 3 atom stereocenters. The molecule has 1 aromatic heterocycles. The third-order valence-corrected chi connectivity index (χ3v) is 4.76. The standard InChI is InChI=1S/C15H28N4/c1-12-7-6-9-15(11-12,18(3)4)14(16-2)13-8-10-19(5)17-13/h8,10,12,14,16H,6-7,9,11H2,1-5H3. The van der Waals surface area contributed by atoms with Crippen LogP contribution in [0, 0.1) is 5.92 Å². The van der Waals surface area contributed by atoms with Gasteiger partial charge in [0.1, 0.15) is 0 Å². The largest absolute Gasteiger partial charge is 0.310 e. The van der Waals surface area contributed by atoms with Crippen LogP contribution in [0.4, 0.5) is 0 Å². The molecule has 1 heterocycles. The van der Waals surface area contributed by atoms with Crippen molar-refractivity contribution in [1.82, 2.24) is 20.0 Å². The van der Waals surface area contributed by atoms with Gasteiger partial charge in [-0.15, -0.1) is 0 Å². The second kappa shape index (κ2) is 5.63. The summed E-state index contributed by atoms with van der Waals surface area (Å²) in [6, 6.07) is 2.44. The van der Waals surface area contributed by atoms with E-state index in [9.17, 15) is 0 Å². The smallest absolute Gasteiger partial charge is 0.0812 e. The summed E-state index contributed by atoms with van der Waals surface area (Å²) in [6.45, 7) is 2.38. The van der Waals surface area contributed by atoms with Gasteiger partial charge in [0.15, 0.2) is 0 Å². The summed E-state index contributed by atoms with van der Waals surface area (Å²) in [5.41, 5.74) is 1.34. The minimum atomic E-state index is 0.181. The van der Waals surface area contributed by atoms with Gasteiger partial charge in [0.25, 0.3) is 0 Å². The fourth-order valence-electron chi connectivity index (χ4n) is 3.77. The Kier molecular flexibility index (Phi) is 4.31. The molecule has 0 aromatic carbocycles. The van der Waals surface area contributed by atoms with Crippen molar-refractivity contribution in [2.45, 2.75) is 44.2 Å². The zero-order chi connectivity index (χ0) is 14.0. The Hall–Kier alpha value is -0.870. The summed E-state index contributed by atoms with van der Waals surface area (Å²) in [5.74, 6) is 0.788. The molecule has 1 aromatic rings. The Bertz CT molecular complexity index is 412. The molecule has 4 heteroatoms. The first kappa shape index (κ1) is 14.5. The van der Waals surface area contributed by atoms with Crippen LogP contribution in [0.5, 0.6) is 0 Å². The lowest BCUT2D eigenvalue weighted by molar-refractivity contribution is 0.0377. The molecule has 108 valence electrons. The van der Waals surface area contributed by atoms with E-state index >= 15 is 0 Å². The molecule has 1 N–H and O–H groups in total. The van der Waals surface area contributed by atoms with E-state index in [1.807, 2.05) is 17.9 Å². The van der Waals surface area contributed by atoms with Gasteiger partial charge in [0, 0.05) is 18.8 Å². The molecule has 0 saturated heterocycles. The molecule has 0 amide bonds. The summed E-state index contributed by atoms with van der Waals surface area (Å²) < 4.78 is 1.90. The highest BCUT2D eigenvalue weighted by Crippen LogP contribution is 2.43. The van der Waals surface area contributed by atoms with Gasteiger partial charge in [-0.05, 0) is 46.0 Å². The predicted octanol–water partition coefficient (Wildman–Crippen LogP) is 2.19. The molecule has 0 aliphatic heterocycles. The van der Waals surface area contributed by atoms with E-state index in [4.69, 9.17) is 0 Å². The predicted molar refractivity (Wildman–Crippen MR) is 79.1 cm³/mol. The minimum Gasteiger partial charge on any atom is -0.310 e. The molecule has 1 aliphatic carbocycles. The number of likely N-dealkylation sites (N-methyl/N-ethyl adjacent to an activating group) is 2. The molecule has 1 fully saturated rings. The topological polar surface area (TPSA) is 33.1 Å². The Morgan fingerprint density at radius 1 is 1.53 bits per heavy atom. The molecular formula is C15H28N4. The van der Waals surface area contributed by atoms with Crippen LogP contribution in [0.3, 0.4) is 0 Å². The lowest BCUT2D eigenvalue weighted by Crippen LogP contribution is -2.55. The monoisotopic (exact) mass is 264 g/mol. The van der Waals surface area contributed by atoms with Crippen molar-refractivity contribution >= 4 is 0 Å². The number of hydrogen-bond acceptors (Lipinski definition) is 3. The number of aromatic nitrogens is 2. The molecule has 19 heavy (non-hydrogen) atoms. The Labute approximate surface area is 117 Å². The Morgan fingerprint density at radius 2 is 2.26 bits per heavy atom. The highest BCUT2D eigenvalue weighted by atomic mass is 15.3. The van der Waals surface area contributed by atoms with E-state index < -0.39 is 0 Å². The van der Waals surface area contributed by atoms with Crippen LogP contribution >= 0.6 is 0 Å². The molecule has 0 bridgehead atoms. The zero-order valence-electron chi connectivity index (χ0n) is 13.0. The van der Waals surface area contributed by atoms with Crippen molar-refractivity contribution in [3.8, 4) is 0 Å². The van der Waals surface area contributed by atoms with E-state index in [0.29, 0.717) is 6.04 Å². The van der Waals surface area contributed by atoms with Crippen molar-refractivity contribution < 1.29 is 0 Å². The van der Waals surface area contributed by atoms with Gasteiger partial charge < -0.3 is 10.2 Å². The molecule has 1 aliphatic rings. The highest BCUT2D eigenvalue weighted by molar-refractivity contribution is 5.15. The van der Waals surface area contributed by atoms with E-state index in [1.165, 1.54) is 25.7 Å². The van der Waals surface area contributed by atoms with Gasteiger partial charge in [-0.2, -0.15) is 5.10 Å². The van der Waals surface area contributed by atoms with Crippen molar-refractivity contribution in [3.05, 3.63) is 18.0 Å². The first-order valence-corrected chi connectivity index (χ1v) is 7.34. The average molecular weight is 264 g/mol. The maximum atomic E-state index is 4.64. The zero-order valence-corrected chi connectivity index (χ0v) is 13.0. The van der Waals surface area contributed by atoms with Crippen molar-refractivity contribution in [1.29, 1.82) is 0 Å². The molecule has 0 radical (unpaired) electrons. The van der Waals surface area contributed by atoms with Gasteiger partial charge >= 0.3 is 0 Å². The van der Waals surface area contributed by atoms with E-state index in [2.05, 4.69) is 49.4 Å². The maximum Gasteiger partial charge on any atom is 0.0812 e. The number of aryl methyl sites for hydroxylation is 1. The van der Waals surface area contributed by atoms with E-state index in [1.54, 1.807) is 0 Å². The average Bonchev–Trinajstić information content (AvgIpc) is 2.76. The molecule has 0 spiro atoms. The highest BCUT2D eigenvalue weighted by Gasteiger charge is 2.44. The fraction of sp³-hybridized carbons (Fsp3) is 0.800. The molecule has 3 unspecified atom stereocenters. The van der Waals surface area contributed by atoms with Crippen LogP contribution in [-0.4, -0.2) is 41.4 Å². The first-order valence-electron chi connectivity index (χ1n) is 7.34. The lowest BCUT2D eigenvalue weighted by Gasteiger charge is -2.49.